The van der Waals surface area contributed by atoms with Crippen molar-refractivity contribution < 1.29 is 9.59 Å². The van der Waals surface area contributed by atoms with Crippen molar-refractivity contribution in [2.24, 2.45) is 11.8 Å². The summed E-state index contributed by atoms with van der Waals surface area (Å²) in [7, 11) is 0. The van der Waals surface area contributed by atoms with Crippen LogP contribution >= 0.6 is 0 Å². The second-order valence-corrected chi connectivity index (χ2v) is 9.01. The molecule has 3 saturated heterocycles. The Kier molecular flexibility index (Phi) is 4.83. The zero-order valence-electron chi connectivity index (χ0n) is 17.3. The molecule has 7 nitrogen and oxygen atoms in total. The van der Waals surface area contributed by atoms with Crippen molar-refractivity contribution in [2.45, 2.75) is 57.5 Å². The van der Waals surface area contributed by atoms with Gasteiger partial charge in [-0.05, 0) is 49.7 Å². The fraction of sp³-hybridized carbons (Fsp3) is 0.565. The Hall–Kier alpha value is -2.70. The Morgan fingerprint density at radius 2 is 2.00 bits per heavy atom. The van der Waals surface area contributed by atoms with Crippen LogP contribution in [0.15, 0.2) is 29.1 Å². The summed E-state index contributed by atoms with van der Waals surface area (Å²) in [5.41, 5.74) is 0.254. The minimum Gasteiger partial charge on any atom is -0.336 e. The number of nitrogens with one attached hydrogen (secondary N) is 1. The van der Waals surface area contributed by atoms with Crippen LogP contribution in [0.2, 0.25) is 0 Å². The lowest BCUT2D eigenvalue weighted by Crippen LogP contribution is -2.65. The average Bonchev–Trinajstić information content (AvgIpc) is 2.76. The number of aromatic amines is 1. The number of nitrogens with zero attached hydrogens (tertiary/aromatic N) is 3. The first-order chi connectivity index (χ1) is 14.6. The third-order valence-electron chi connectivity index (χ3n) is 7.18. The van der Waals surface area contributed by atoms with Crippen molar-refractivity contribution in [1.82, 2.24) is 19.8 Å². The molecule has 3 fully saturated rings. The highest BCUT2D eigenvalue weighted by Crippen LogP contribution is 2.43. The summed E-state index contributed by atoms with van der Waals surface area (Å²) in [4.78, 5) is 49.7. The Balaban J connectivity index is 1.45. The molecule has 0 aliphatic carbocycles. The van der Waals surface area contributed by atoms with E-state index < -0.39 is 0 Å². The molecular weight excluding hydrogens is 380 g/mol. The van der Waals surface area contributed by atoms with Gasteiger partial charge in [0.05, 0.1) is 10.9 Å². The lowest BCUT2D eigenvalue weighted by Gasteiger charge is -2.56. The highest BCUT2D eigenvalue weighted by molar-refractivity contribution is 5.92. The van der Waals surface area contributed by atoms with Crippen LogP contribution in [0, 0.1) is 11.8 Å². The standard InChI is InChI=1S/C23H28N4O3/c1-2-6-18-14-11-15(19-9-5-10-20(28)27(18)19)13-26(12-14)23(30)21-24-17-8-4-3-7-16(17)22(29)25-21/h3-4,7-8,14-15,18-19H,2,5-6,9-13H2,1H3,(H,24,25,29)/t14-,15+,18-,19-/m0/s1. The third kappa shape index (κ3) is 3.11. The highest BCUT2D eigenvalue weighted by Gasteiger charge is 2.49. The fourth-order valence-corrected chi connectivity index (χ4v) is 5.95. The summed E-state index contributed by atoms with van der Waals surface area (Å²) in [6, 6.07) is 7.53. The topological polar surface area (TPSA) is 86.4 Å². The smallest absolute Gasteiger partial charge is 0.289 e. The van der Waals surface area contributed by atoms with E-state index in [0.29, 0.717) is 42.2 Å². The van der Waals surface area contributed by atoms with Crippen LogP contribution in [0.25, 0.3) is 10.9 Å². The van der Waals surface area contributed by atoms with Gasteiger partial charge in [0, 0.05) is 31.6 Å². The van der Waals surface area contributed by atoms with E-state index in [0.717, 1.165) is 32.1 Å². The monoisotopic (exact) mass is 408 g/mol. The molecule has 0 saturated carbocycles. The van der Waals surface area contributed by atoms with Gasteiger partial charge in [-0.3, -0.25) is 14.4 Å². The van der Waals surface area contributed by atoms with Crippen LogP contribution in [0.3, 0.4) is 0 Å². The van der Waals surface area contributed by atoms with Gasteiger partial charge in [0.25, 0.3) is 11.5 Å². The zero-order chi connectivity index (χ0) is 20.8. The van der Waals surface area contributed by atoms with E-state index >= 15 is 0 Å². The van der Waals surface area contributed by atoms with Crippen LogP contribution in [0.5, 0.6) is 0 Å². The first-order valence-electron chi connectivity index (χ1n) is 11.2. The molecule has 1 aromatic carbocycles. The van der Waals surface area contributed by atoms with E-state index in [1.807, 2.05) is 11.0 Å². The fourth-order valence-electron chi connectivity index (χ4n) is 5.95. The van der Waals surface area contributed by atoms with E-state index in [1.165, 1.54) is 0 Å². The van der Waals surface area contributed by atoms with Gasteiger partial charge >= 0.3 is 0 Å². The largest absolute Gasteiger partial charge is 0.336 e. The van der Waals surface area contributed by atoms with Crippen molar-refractivity contribution in [3.8, 4) is 0 Å². The molecule has 0 spiro atoms. The first-order valence-corrected chi connectivity index (χ1v) is 11.2. The van der Waals surface area contributed by atoms with Crippen molar-refractivity contribution >= 4 is 22.7 Å². The van der Waals surface area contributed by atoms with Crippen molar-refractivity contribution in [1.29, 1.82) is 0 Å². The minimum atomic E-state index is -0.283. The zero-order valence-corrected chi connectivity index (χ0v) is 17.3. The van der Waals surface area contributed by atoms with Gasteiger partial charge in [-0.2, -0.15) is 0 Å². The van der Waals surface area contributed by atoms with E-state index in [1.54, 1.807) is 18.2 Å². The molecule has 2 amide bonds. The molecule has 2 aromatic rings. The van der Waals surface area contributed by atoms with E-state index in [4.69, 9.17) is 0 Å². The minimum absolute atomic E-state index is 0.113. The second kappa shape index (κ2) is 7.52. The number of fused-ring (bicyclic) bond motifs is 5. The van der Waals surface area contributed by atoms with Crippen molar-refractivity contribution in [2.75, 3.05) is 13.1 Å². The lowest BCUT2D eigenvalue weighted by atomic mass is 9.71. The number of carbonyl (C=O) groups is 2. The Bertz CT molecular complexity index is 1050. The van der Waals surface area contributed by atoms with Gasteiger partial charge in [0.15, 0.2) is 5.82 Å². The third-order valence-corrected chi connectivity index (χ3v) is 7.18. The summed E-state index contributed by atoms with van der Waals surface area (Å²) >= 11 is 0. The van der Waals surface area contributed by atoms with Crippen molar-refractivity contribution in [3.05, 3.63) is 40.4 Å². The van der Waals surface area contributed by atoms with Gasteiger partial charge in [-0.25, -0.2) is 4.98 Å². The van der Waals surface area contributed by atoms with Crippen LogP contribution in [0.4, 0.5) is 0 Å². The average molecular weight is 409 g/mol. The normalized spacial score (nSPS) is 28.5. The number of piperidine rings is 3. The number of para-hydroxylation sites is 1. The van der Waals surface area contributed by atoms with Gasteiger partial charge < -0.3 is 14.8 Å². The molecule has 3 aliphatic rings. The van der Waals surface area contributed by atoms with Crippen LogP contribution in [-0.4, -0.2) is 56.8 Å². The number of carbonyl (C=O) groups excluding carboxylic acids is 2. The molecule has 1 aromatic heterocycles. The summed E-state index contributed by atoms with van der Waals surface area (Å²) in [6.45, 7) is 3.40. The molecule has 30 heavy (non-hydrogen) atoms. The predicted octanol–water partition coefficient (Wildman–Crippen LogP) is 2.56. The second-order valence-electron chi connectivity index (χ2n) is 9.01. The van der Waals surface area contributed by atoms with E-state index in [-0.39, 0.29) is 35.3 Å². The van der Waals surface area contributed by atoms with Crippen LogP contribution in [0.1, 0.15) is 56.1 Å². The maximum absolute atomic E-state index is 13.3. The molecule has 0 radical (unpaired) electrons. The molecule has 158 valence electrons. The molecule has 4 atom stereocenters. The number of hydrogen-bond acceptors (Lipinski definition) is 4. The number of aromatic nitrogens is 2. The van der Waals surface area contributed by atoms with Crippen LogP contribution in [-0.2, 0) is 4.79 Å². The van der Waals surface area contributed by atoms with Gasteiger partial charge in [0.2, 0.25) is 5.91 Å². The number of likely N-dealkylation sites (tertiary alicyclic amines) is 1. The van der Waals surface area contributed by atoms with Crippen molar-refractivity contribution in [3.63, 3.8) is 0 Å². The Morgan fingerprint density at radius 3 is 2.83 bits per heavy atom. The highest BCUT2D eigenvalue weighted by atomic mass is 16.2. The summed E-state index contributed by atoms with van der Waals surface area (Å²) in [5, 5.41) is 0.490. The van der Waals surface area contributed by atoms with Crippen LogP contribution < -0.4 is 5.56 Å². The summed E-state index contributed by atoms with van der Waals surface area (Å²) in [5.74, 6) is 0.788. The number of rotatable bonds is 3. The summed E-state index contributed by atoms with van der Waals surface area (Å²) < 4.78 is 0. The molecule has 0 unspecified atom stereocenters. The van der Waals surface area contributed by atoms with Gasteiger partial charge in [-0.1, -0.05) is 25.5 Å². The predicted molar refractivity (Wildman–Crippen MR) is 113 cm³/mol. The van der Waals surface area contributed by atoms with Gasteiger partial charge in [-0.15, -0.1) is 0 Å². The first kappa shape index (κ1) is 19.3. The van der Waals surface area contributed by atoms with Gasteiger partial charge in [0.1, 0.15) is 0 Å². The quantitative estimate of drug-likeness (QED) is 0.846. The number of amides is 2. The SMILES string of the molecule is CCC[C@H]1[C@H]2C[C@H](CN(C(=O)c3nc4ccccc4c(=O)[nH]3)C2)[C@@H]2CCCC(=O)N21. The lowest BCUT2D eigenvalue weighted by molar-refractivity contribution is -0.152. The molecular formula is C23H28N4O3. The Morgan fingerprint density at radius 1 is 1.20 bits per heavy atom. The van der Waals surface area contributed by atoms with E-state index in [9.17, 15) is 14.4 Å². The number of H-pyrrole nitrogens is 1. The molecule has 4 heterocycles. The summed E-state index contributed by atoms with van der Waals surface area (Å²) in [6.07, 6.45) is 5.69. The molecule has 3 aliphatic heterocycles. The molecule has 5 rings (SSSR count). The Labute approximate surface area is 175 Å². The maximum atomic E-state index is 13.3. The number of benzene rings is 1. The molecule has 1 N–H and O–H groups in total. The molecule has 7 heteroatoms. The number of hydrogen-bond donors (Lipinski definition) is 1. The van der Waals surface area contributed by atoms with E-state index in [2.05, 4.69) is 21.8 Å². The molecule has 2 bridgehead atoms. The maximum Gasteiger partial charge on any atom is 0.289 e.